The molecule has 0 saturated heterocycles. The minimum Gasteiger partial charge on any atom is -0.493 e. The lowest BCUT2D eigenvalue weighted by Crippen LogP contribution is -2.11. The van der Waals surface area contributed by atoms with Crippen LogP contribution < -0.4 is 19.6 Å². The molecule has 0 atom stereocenters. The summed E-state index contributed by atoms with van der Waals surface area (Å²) in [6.45, 7) is 1.54. The van der Waals surface area contributed by atoms with Gasteiger partial charge in [0.15, 0.2) is 18.1 Å². The summed E-state index contributed by atoms with van der Waals surface area (Å²) in [6.07, 6.45) is 1.61. The summed E-state index contributed by atoms with van der Waals surface area (Å²) in [6, 6.07) is 3.25. The van der Waals surface area contributed by atoms with E-state index >= 15 is 0 Å². The van der Waals surface area contributed by atoms with E-state index in [9.17, 15) is 9.59 Å². The SMILES string of the molecule is CCOC(=O)Cc1csc(NN=Cc2cc(OC)c(OCC(=O)O)c(OC)c2)n1. The van der Waals surface area contributed by atoms with Crippen LogP contribution in [0.1, 0.15) is 18.2 Å². The molecular weight excluding hydrogens is 402 g/mol. The molecule has 0 aliphatic heterocycles. The van der Waals surface area contributed by atoms with Gasteiger partial charge in [-0.1, -0.05) is 0 Å². The number of ether oxygens (including phenoxy) is 4. The van der Waals surface area contributed by atoms with Crippen LogP contribution in [0.4, 0.5) is 5.13 Å². The number of hydrazone groups is 1. The van der Waals surface area contributed by atoms with Crippen LogP contribution in [0.2, 0.25) is 0 Å². The van der Waals surface area contributed by atoms with Crippen LogP contribution in [-0.2, 0) is 20.7 Å². The molecule has 2 rings (SSSR count). The van der Waals surface area contributed by atoms with E-state index < -0.39 is 12.6 Å². The molecule has 1 heterocycles. The van der Waals surface area contributed by atoms with Gasteiger partial charge >= 0.3 is 11.9 Å². The van der Waals surface area contributed by atoms with E-state index in [1.54, 1.807) is 24.4 Å². The van der Waals surface area contributed by atoms with Crippen molar-refractivity contribution in [3.8, 4) is 17.2 Å². The number of thiazole rings is 1. The lowest BCUT2D eigenvalue weighted by Gasteiger charge is -2.14. The second-order valence-electron chi connectivity index (χ2n) is 5.43. The maximum absolute atomic E-state index is 11.5. The van der Waals surface area contributed by atoms with Crippen LogP contribution >= 0.6 is 11.3 Å². The number of aromatic nitrogens is 1. The number of rotatable bonds is 11. The Morgan fingerprint density at radius 3 is 2.55 bits per heavy atom. The fourth-order valence-electron chi connectivity index (χ4n) is 2.21. The minimum atomic E-state index is -1.12. The number of carbonyl (C=O) groups excluding carboxylic acids is 1. The molecule has 0 saturated carbocycles. The van der Waals surface area contributed by atoms with Gasteiger partial charge in [0.25, 0.3) is 0 Å². The first-order valence-electron chi connectivity index (χ1n) is 8.46. The first-order valence-corrected chi connectivity index (χ1v) is 9.34. The number of methoxy groups -OCH3 is 2. The Hall–Kier alpha value is -3.34. The van der Waals surface area contributed by atoms with Crippen LogP contribution in [0.15, 0.2) is 22.6 Å². The number of carbonyl (C=O) groups is 2. The van der Waals surface area contributed by atoms with Gasteiger partial charge in [0.1, 0.15) is 0 Å². The van der Waals surface area contributed by atoms with Crippen LogP contribution in [0, 0.1) is 0 Å². The van der Waals surface area contributed by atoms with Crippen molar-refractivity contribution in [3.05, 3.63) is 28.8 Å². The molecule has 0 unspecified atom stereocenters. The van der Waals surface area contributed by atoms with E-state index in [4.69, 9.17) is 24.1 Å². The molecule has 0 radical (unpaired) electrons. The number of nitrogens with one attached hydrogen (secondary N) is 1. The fourth-order valence-corrected chi connectivity index (χ4v) is 2.87. The molecule has 1 aromatic carbocycles. The monoisotopic (exact) mass is 423 g/mol. The summed E-state index contributed by atoms with van der Waals surface area (Å²) in [7, 11) is 2.87. The van der Waals surface area contributed by atoms with E-state index in [1.165, 1.54) is 31.8 Å². The first-order chi connectivity index (χ1) is 14.0. The number of benzene rings is 1. The topological polar surface area (TPSA) is 129 Å². The summed E-state index contributed by atoms with van der Waals surface area (Å²) in [5.74, 6) is -0.658. The van der Waals surface area contributed by atoms with Crippen LogP contribution in [-0.4, -0.2) is 55.7 Å². The highest BCUT2D eigenvalue weighted by molar-refractivity contribution is 7.13. The predicted octanol–water partition coefficient (Wildman–Crippen LogP) is 2.18. The molecule has 10 nitrogen and oxygen atoms in total. The summed E-state index contributed by atoms with van der Waals surface area (Å²) in [5.41, 5.74) is 4.00. The number of aliphatic carboxylic acids is 1. The highest BCUT2D eigenvalue weighted by Gasteiger charge is 2.15. The molecule has 1 aromatic heterocycles. The molecule has 11 heteroatoms. The van der Waals surface area contributed by atoms with Gasteiger partial charge in [-0.25, -0.2) is 9.78 Å². The highest BCUT2D eigenvalue weighted by atomic mass is 32.1. The van der Waals surface area contributed by atoms with E-state index in [1.807, 2.05) is 0 Å². The number of hydrogen-bond donors (Lipinski definition) is 2. The maximum Gasteiger partial charge on any atom is 0.341 e. The van der Waals surface area contributed by atoms with Gasteiger partial charge < -0.3 is 24.1 Å². The zero-order chi connectivity index (χ0) is 21.2. The van der Waals surface area contributed by atoms with Crippen molar-refractivity contribution in [1.29, 1.82) is 0 Å². The van der Waals surface area contributed by atoms with Crippen molar-refractivity contribution < 1.29 is 33.6 Å². The highest BCUT2D eigenvalue weighted by Crippen LogP contribution is 2.38. The quantitative estimate of drug-likeness (QED) is 0.317. The molecule has 0 amide bonds. The fraction of sp³-hybridized carbons (Fsp3) is 0.333. The van der Waals surface area contributed by atoms with Gasteiger partial charge in [-0.2, -0.15) is 5.10 Å². The van der Waals surface area contributed by atoms with E-state index in [0.717, 1.165) is 0 Å². The molecule has 0 aliphatic carbocycles. The van der Waals surface area contributed by atoms with E-state index in [0.29, 0.717) is 34.5 Å². The van der Waals surface area contributed by atoms with Crippen molar-refractivity contribution >= 4 is 34.6 Å². The average Bonchev–Trinajstić information content (AvgIpc) is 3.13. The summed E-state index contributed by atoms with van der Waals surface area (Å²) in [4.78, 5) is 26.5. The number of nitrogens with zero attached hydrogens (tertiary/aromatic N) is 2. The average molecular weight is 423 g/mol. The lowest BCUT2D eigenvalue weighted by molar-refractivity contribution is -0.142. The van der Waals surface area contributed by atoms with Gasteiger partial charge in [0.2, 0.25) is 10.9 Å². The van der Waals surface area contributed by atoms with Crippen molar-refractivity contribution in [1.82, 2.24) is 4.98 Å². The van der Waals surface area contributed by atoms with Crippen molar-refractivity contribution in [2.75, 3.05) is 32.9 Å². The standard InChI is InChI=1S/C18H21N3O7S/c1-4-27-16(24)7-12-10-29-18(20-12)21-19-8-11-5-13(25-2)17(14(6-11)26-3)28-9-15(22)23/h5-6,8,10H,4,7,9H2,1-3H3,(H,20,21)(H,22,23). The second kappa shape index (κ2) is 10.9. The molecule has 29 heavy (non-hydrogen) atoms. The van der Waals surface area contributed by atoms with E-state index in [2.05, 4.69) is 15.5 Å². The van der Waals surface area contributed by atoms with Gasteiger partial charge in [0.05, 0.1) is 39.2 Å². The summed E-state index contributed by atoms with van der Waals surface area (Å²) >= 11 is 1.30. The molecule has 2 N–H and O–H groups in total. The largest absolute Gasteiger partial charge is 0.493 e. The zero-order valence-electron chi connectivity index (χ0n) is 16.1. The number of carboxylic acid groups (broad SMARTS) is 1. The van der Waals surface area contributed by atoms with Crippen molar-refractivity contribution in [2.45, 2.75) is 13.3 Å². The van der Waals surface area contributed by atoms with Gasteiger partial charge in [-0.3, -0.25) is 10.2 Å². The molecule has 0 bridgehead atoms. The van der Waals surface area contributed by atoms with Gasteiger partial charge in [0, 0.05) is 10.9 Å². The Morgan fingerprint density at radius 1 is 1.28 bits per heavy atom. The third-order valence-electron chi connectivity index (χ3n) is 3.38. The Bertz CT molecular complexity index is 857. The molecular formula is C18H21N3O7S. The third-order valence-corrected chi connectivity index (χ3v) is 4.18. The number of anilines is 1. The number of carboxylic acids is 1. The van der Waals surface area contributed by atoms with Crippen LogP contribution in [0.25, 0.3) is 0 Å². The molecule has 2 aromatic rings. The molecule has 0 fully saturated rings. The van der Waals surface area contributed by atoms with Gasteiger partial charge in [-0.05, 0) is 19.1 Å². The Balaban J connectivity index is 2.07. The minimum absolute atomic E-state index is 0.0991. The van der Waals surface area contributed by atoms with Crippen molar-refractivity contribution in [2.24, 2.45) is 5.10 Å². The van der Waals surface area contributed by atoms with Crippen LogP contribution in [0.5, 0.6) is 17.2 Å². The maximum atomic E-state index is 11.5. The Morgan fingerprint density at radius 2 is 1.97 bits per heavy atom. The lowest BCUT2D eigenvalue weighted by atomic mass is 10.2. The Kier molecular flexibility index (Phi) is 8.22. The third kappa shape index (κ3) is 6.64. The second-order valence-corrected chi connectivity index (χ2v) is 6.29. The normalized spacial score (nSPS) is 10.6. The predicted molar refractivity (Wildman–Crippen MR) is 106 cm³/mol. The smallest absolute Gasteiger partial charge is 0.341 e. The molecule has 0 aliphatic rings. The number of hydrogen-bond acceptors (Lipinski definition) is 10. The zero-order valence-corrected chi connectivity index (χ0v) is 16.9. The van der Waals surface area contributed by atoms with Gasteiger partial charge in [-0.15, -0.1) is 11.3 Å². The summed E-state index contributed by atoms with van der Waals surface area (Å²) in [5, 5.41) is 15.2. The number of esters is 1. The van der Waals surface area contributed by atoms with E-state index in [-0.39, 0.29) is 18.1 Å². The van der Waals surface area contributed by atoms with Crippen LogP contribution in [0.3, 0.4) is 0 Å². The first kappa shape index (κ1) is 22.0. The summed E-state index contributed by atoms with van der Waals surface area (Å²) < 4.78 is 20.6. The van der Waals surface area contributed by atoms with Crippen molar-refractivity contribution in [3.63, 3.8) is 0 Å². The molecule has 156 valence electrons. The Labute approximate surface area is 171 Å². The molecule has 0 spiro atoms.